The van der Waals surface area contributed by atoms with Crippen molar-refractivity contribution in [2.24, 2.45) is 4.99 Å². The minimum atomic E-state index is -0.748. The van der Waals surface area contributed by atoms with Crippen LogP contribution < -0.4 is 9.47 Å². The molecule has 1 amide bonds. The predicted octanol–water partition coefficient (Wildman–Crippen LogP) is 5.55. The zero-order valence-corrected chi connectivity index (χ0v) is 22.8. The number of aliphatic hydroxyl groups is 1. The molecule has 0 spiro atoms. The smallest absolute Gasteiger partial charge is 0.344 e. The van der Waals surface area contributed by atoms with Crippen LogP contribution in [-0.4, -0.2) is 35.7 Å². The van der Waals surface area contributed by atoms with Gasteiger partial charge in [0.15, 0.2) is 11.5 Å². The molecule has 10 heteroatoms. The molecule has 0 saturated heterocycles. The maximum Gasteiger partial charge on any atom is 0.344 e. The number of nitrogens with zero attached hydrogens (tertiary/aromatic N) is 2. The van der Waals surface area contributed by atoms with Crippen LogP contribution in [0.1, 0.15) is 37.0 Å². The van der Waals surface area contributed by atoms with Crippen LogP contribution in [0, 0.1) is 14.9 Å². The molecule has 1 heterocycles. The first-order valence-electron chi connectivity index (χ1n) is 10.9. The average Bonchev–Trinajstić information content (AvgIpc) is 3.17. The van der Waals surface area contributed by atoms with E-state index in [4.69, 9.17) is 14.2 Å². The molecule has 186 valence electrons. The van der Waals surface area contributed by atoms with E-state index in [0.717, 1.165) is 20.9 Å². The van der Waals surface area contributed by atoms with Crippen LogP contribution in [0.15, 0.2) is 57.6 Å². The summed E-state index contributed by atoms with van der Waals surface area (Å²) in [6.45, 7) is 3.61. The molecule has 0 radical (unpaired) electrons. The molecule has 36 heavy (non-hydrogen) atoms. The second-order valence-electron chi connectivity index (χ2n) is 7.31. The van der Waals surface area contributed by atoms with Gasteiger partial charge in [-0.05, 0) is 59.4 Å². The van der Waals surface area contributed by atoms with Crippen molar-refractivity contribution in [3.05, 3.63) is 72.9 Å². The van der Waals surface area contributed by atoms with Crippen LogP contribution in [0.4, 0.5) is 0 Å². The third kappa shape index (κ3) is 6.27. The summed E-state index contributed by atoms with van der Waals surface area (Å²) in [6, 6.07) is 12.9. The van der Waals surface area contributed by atoms with Crippen molar-refractivity contribution in [3.63, 3.8) is 0 Å². The Morgan fingerprint density at radius 3 is 2.67 bits per heavy atom. The lowest BCUT2D eigenvalue weighted by molar-refractivity contribution is -0.138. The number of esters is 1. The minimum Gasteiger partial charge on any atom is -0.506 e. The molecule has 8 nitrogen and oxygen atoms in total. The second kappa shape index (κ2) is 12.6. The van der Waals surface area contributed by atoms with Crippen molar-refractivity contribution in [1.29, 1.82) is 5.26 Å². The van der Waals surface area contributed by atoms with Gasteiger partial charge in [-0.25, -0.2) is 9.79 Å². The number of rotatable bonds is 8. The molecular formula is C26H23IN2O6S. The van der Waals surface area contributed by atoms with Gasteiger partial charge in [-0.15, -0.1) is 0 Å². The number of halogens is 1. The number of thioether (sulfide) groups is 1. The van der Waals surface area contributed by atoms with Gasteiger partial charge in [0.05, 0.1) is 33.8 Å². The number of ether oxygens (including phenoxy) is 3. The Kier molecular flexibility index (Phi) is 9.55. The number of methoxy groups -OCH3 is 1. The molecule has 0 bridgehead atoms. The Hall–Kier alpha value is -3.30. The summed E-state index contributed by atoms with van der Waals surface area (Å²) < 4.78 is 17.3. The number of carbonyl (C=O) groups excluding carboxylic acids is 2. The number of carbonyl (C=O) groups is 2. The van der Waals surface area contributed by atoms with Crippen molar-refractivity contribution >= 4 is 57.3 Å². The number of hydrogen-bond donors (Lipinski definition) is 1. The summed E-state index contributed by atoms with van der Waals surface area (Å²) >= 11 is 3.13. The molecule has 3 rings (SSSR count). The lowest BCUT2D eigenvalue weighted by Crippen LogP contribution is -2.14. The highest BCUT2D eigenvalue weighted by molar-refractivity contribution is 14.1. The summed E-state index contributed by atoms with van der Waals surface area (Å²) in [5.74, 6) is -0.500. The summed E-state index contributed by atoms with van der Waals surface area (Å²) in [5.41, 5.74) is 1.82. The zero-order chi connectivity index (χ0) is 26.2. The van der Waals surface area contributed by atoms with E-state index in [2.05, 4.69) is 33.7 Å². The van der Waals surface area contributed by atoms with Gasteiger partial charge in [0.25, 0.3) is 0 Å². The van der Waals surface area contributed by atoms with Crippen LogP contribution in [0.2, 0.25) is 0 Å². The third-order valence-electron chi connectivity index (χ3n) is 4.96. The molecule has 1 N–H and O–H groups in total. The summed E-state index contributed by atoms with van der Waals surface area (Å²) in [7, 11) is 1.51. The van der Waals surface area contributed by atoms with E-state index >= 15 is 0 Å². The number of amides is 1. The second-order valence-corrected chi connectivity index (χ2v) is 9.50. The van der Waals surface area contributed by atoms with Crippen molar-refractivity contribution in [2.45, 2.75) is 26.9 Å². The Balaban J connectivity index is 1.95. The molecule has 0 aliphatic carbocycles. The fourth-order valence-corrected chi connectivity index (χ4v) is 5.02. The predicted molar refractivity (Wildman–Crippen MR) is 146 cm³/mol. The largest absolute Gasteiger partial charge is 0.506 e. The fourth-order valence-electron chi connectivity index (χ4n) is 3.20. The van der Waals surface area contributed by atoms with Gasteiger partial charge in [0.1, 0.15) is 23.0 Å². The van der Waals surface area contributed by atoms with Crippen LogP contribution in [0.3, 0.4) is 0 Å². The standard InChI is InChI=1S/C26H23IN2O6S/c1-4-21(30)29-25-22(26(32)34-5-2)23(31)20(36-25)12-15-10-18(27)24(19(11-15)33-3)35-14-17-9-7-6-8-16(17)13-28/h6-12,31H,4-5,14H2,1-3H3/b20-12-,29-25?. The number of aliphatic hydroxyl groups excluding tert-OH is 1. The molecule has 0 saturated carbocycles. The zero-order valence-electron chi connectivity index (χ0n) is 19.8. The van der Waals surface area contributed by atoms with E-state index in [1.54, 1.807) is 38.1 Å². The molecule has 0 unspecified atom stereocenters. The molecule has 1 aliphatic rings. The maximum absolute atomic E-state index is 12.4. The van der Waals surface area contributed by atoms with Gasteiger partial charge in [-0.3, -0.25) is 4.79 Å². The van der Waals surface area contributed by atoms with E-state index in [0.29, 0.717) is 27.5 Å². The SMILES string of the molecule is CCOC(=O)C1=C(O)/C(=C/c2cc(I)c(OCc3ccccc3C#N)c(OC)c2)SC1=NC(=O)CC. The number of benzene rings is 2. The van der Waals surface area contributed by atoms with Crippen LogP contribution in [0.5, 0.6) is 11.5 Å². The average molecular weight is 618 g/mol. The molecule has 1 aliphatic heterocycles. The number of aliphatic imine (C=N–C) groups is 1. The van der Waals surface area contributed by atoms with Crippen molar-refractivity contribution < 1.29 is 28.9 Å². The van der Waals surface area contributed by atoms with E-state index in [-0.39, 0.29) is 36.0 Å². The van der Waals surface area contributed by atoms with Gasteiger partial charge in [0, 0.05) is 12.0 Å². The third-order valence-corrected chi connectivity index (χ3v) is 6.78. The van der Waals surface area contributed by atoms with Crippen molar-refractivity contribution in [2.75, 3.05) is 13.7 Å². The molecular weight excluding hydrogens is 595 g/mol. The van der Waals surface area contributed by atoms with Crippen LogP contribution in [0.25, 0.3) is 6.08 Å². The van der Waals surface area contributed by atoms with Gasteiger partial charge < -0.3 is 19.3 Å². The van der Waals surface area contributed by atoms with E-state index in [1.165, 1.54) is 7.11 Å². The Morgan fingerprint density at radius 2 is 2.00 bits per heavy atom. The first-order chi connectivity index (χ1) is 17.3. The van der Waals surface area contributed by atoms with Crippen LogP contribution in [-0.2, 0) is 20.9 Å². The van der Waals surface area contributed by atoms with Crippen molar-refractivity contribution in [3.8, 4) is 17.6 Å². The normalized spacial score (nSPS) is 15.2. The highest BCUT2D eigenvalue weighted by Gasteiger charge is 2.33. The van der Waals surface area contributed by atoms with Gasteiger partial charge in [0.2, 0.25) is 5.91 Å². The van der Waals surface area contributed by atoms with E-state index in [9.17, 15) is 20.0 Å². The monoisotopic (exact) mass is 618 g/mol. The molecule has 0 aromatic heterocycles. The van der Waals surface area contributed by atoms with Gasteiger partial charge >= 0.3 is 5.97 Å². The summed E-state index contributed by atoms with van der Waals surface area (Å²) in [5, 5.41) is 20.2. The van der Waals surface area contributed by atoms with Crippen molar-refractivity contribution in [1.82, 2.24) is 0 Å². The molecule has 0 atom stereocenters. The quantitative estimate of drug-likeness (QED) is 0.303. The highest BCUT2D eigenvalue weighted by atomic mass is 127. The first kappa shape index (κ1) is 27.3. The first-order valence-corrected chi connectivity index (χ1v) is 12.8. The lowest BCUT2D eigenvalue weighted by Gasteiger charge is -2.14. The fraction of sp³-hybridized carbons (Fsp3) is 0.231. The minimum absolute atomic E-state index is 0.0989. The molecule has 2 aromatic carbocycles. The Morgan fingerprint density at radius 1 is 1.25 bits per heavy atom. The Labute approximate surface area is 226 Å². The van der Waals surface area contributed by atoms with E-state index < -0.39 is 11.9 Å². The molecule has 2 aromatic rings. The maximum atomic E-state index is 12.4. The Bertz CT molecular complexity index is 1330. The summed E-state index contributed by atoms with van der Waals surface area (Å²) in [6.07, 6.45) is 1.83. The lowest BCUT2D eigenvalue weighted by atomic mass is 10.1. The van der Waals surface area contributed by atoms with E-state index in [1.807, 2.05) is 18.2 Å². The van der Waals surface area contributed by atoms with Gasteiger partial charge in [-0.1, -0.05) is 36.9 Å². The highest BCUT2D eigenvalue weighted by Crippen LogP contribution is 2.41. The topological polar surface area (TPSA) is 118 Å². The van der Waals surface area contributed by atoms with Gasteiger partial charge in [-0.2, -0.15) is 5.26 Å². The van der Waals surface area contributed by atoms with Crippen LogP contribution >= 0.6 is 34.4 Å². The summed E-state index contributed by atoms with van der Waals surface area (Å²) in [4.78, 5) is 28.7. The number of nitriles is 1. The molecule has 0 fully saturated rings. The number of hydrogen-bond acceptors (Lipinski definition) is 8.